The van der Waals surface area contributed by atoms with Crippen molar-refractivity contribution < 1.29 is 9.18 Å². The molecule has 2 heterocycles. The smallest absolute Gasteiger partial charge is 0.224 e. The number of carbonyl (C=O) groups excluding carboxylic acids is 1. The van der Waals surface area contributed by atoms with Crippen LogP contribution in [0, 0.1) is 23.1 Å². The molecule has 0 saturated carbocycles. The van der Waals surface area contributed by atoms with Crippen molar-refractivity contribution in [3.8, 4) is 11.8 Å². The maximum absolute atomic E-state index is 14.4. The van der Waals surface area contributed by atoms with Gasteiger partial charge in [-0.15, -0.1) is 0 Å². The number of benzene rings is 2. The van der Waals surface area contributed by atoms with Crippen LogP contribution in [0.25, 0.3) is 10.9 Å². The molecule has 0 radical (unpaired) electrons. The number of fused-ring (bicyclic) bond motifs is 1. The molecular formula is C25H25ClFN5O. The van der Waals surface area contributed by atoms with Crippen molar-refractivity contribution in [2.45, 2.75) is 26.7 Å². The van der Waals surface area contributed by atoms with Gasteiger partial charge in [0.1, 0.15) is 12.1 Å². The Labute approximate surface area is 197 Å². The van der Waals surface area contributed by atoms with E-state index in [2.05, 4.69) is 51.3 Å². The summed E-state index contributed by atoms with van der Waals surface area (Å²) in [5.41, 5.74) is 1.96. The molecule has 1 atom stereocenters. The molecule has 1 amide bonds. The lowest BCUT2D eigenvalue weighted by molar-refractivity contribution is -0.115. The minimum Gasteiger partial charge on any atom is -0.337 e. The molecule has 1 aliphatic heterocycles. The standard InChI is InChI=1S/C25H25ClFN5O/c1-4-22(33)30-20-13-17-21(12-16(20)8-9-25(2)10-11-32(3)14-25)28-15-29-24(17)31-19-7-5-6-18(26)23(19)27/h5-7,12-13,15H,4,10-11,14H2,1-3H3,(H,30,33)(H,28,29,31)/t25-/m0/s1. The molecule has 1 aliphatic rings. The van der Waals surface area contributed by atoms with Gasteiger partial charge in [0.15, 0.2) is 5.82 Å². The van der Waals surface area contributed by atoms with Crippen LogP contribution >= 0.6 is 11.6 Å². The highest BCUT2D eigenvalue weighted by Gasteiger charge is 2.30. The van der Waals surface area contributed by atoms with Crippen LogP contribution in [-0.2, 0) is 4.79 Å². The minimum atomic E-state index is -0.567. The Morgan fingerprint density at radius 3 is 2.85 bits per heavy atom. The van der Waals surface area contributed by atoms with E-state index in [-0.39, 0.29) is 22.0 Å². The van der Waals surface area contributed by atoms with Crippen LogP contribution in [0.2, 0.25) is 5.02 Å². The van der Waals surface area contributed by atoms with E-state index in [0.29, 0.717) is 34.4 Å². The van der Waals surface area contributed by atoms with E-state index in [1.165, 1.54) is 12.4 Å². The topological polar surface area (TPSA) is 70.1 Å². The third-order valence-corrected chi connectivity index (χ3v) is 6.03. The van der Waals surface area contributed by atoms with Gasteiger partial charge >= 0.3 is 0 Å². The van der Waals surface area contributed by atoms with E-state index < -0.39 is 5.82 Å². The van der Waals surface area contributed by atoms with E-state index >= 15 is 0 Å². The molecule has 2 aromatic carbocycles. The summed E-state index contributed by atoms with van der Waals surface area (Å²) in [6, 6.07) is 8.32. The average Bonchev–Trinajstić information content (AvgIpc) is 3.14. The van der Waals surface area contributed by atoms with Crippen LogP contribution in [0.3, 0.4) is 0 Å². The van der Waals surface area contributed by atoms with Gasteiger partial charge in [-0.05, 0) is 51.2 Å². The number of nitrogens with zero attached hydrogens (tertiary/aromatic N) is 3. The number of nitrogens with one attached hydrogen (secondary N) is 2. The van der Waals surface area contributed by atoms with Gasteiger partial charge in [-0.3, -0.25) is 4.79 Å². The van der Waals surface area contributed by atoms with E-state index in [0.717, 1.165) is 19.5 Å². The highest BCUT2D eigenvalue weighted by molar-refractivity contribution is 6.31. The number of hydrogen-bond acceptors (Lipinski definition) is 5. The van der Waals surface area contributed by atoms with Crippen molar-refractivity contribution >= 4 is 45.6 Å². The average molecular weight is 466 g/mol. The number of likely N-dealkylation sites (tertiary alicyclic amines) is 1. The monoisotopic (exact) mass is 465 g/mol. The Hall–Kier alpha value is -3.21. The van der Waals surface area contributed by atoms with Gasteiger partial charge in [0.2, 0.25) is 5.91 Å². The summed E-state index contributed by atoms with van der Waals surface area (Å²) in [6.07, 6.45) is 2.72. The number of rotatable bonds is 4. The summed E-state index contributed by atoms with van der Waals surface area (Å²) in [6.45, 7) is 5.84. The van der Waals surface area contributed by atoms with Gasteiger partial charge in [-0.1, -0.05) is 36.4 Å². The maximum atomic E-state index is 14.4. The largest absolute Gasteiger partial charge is 0.337 e. The number of anilines is 3. The first-order chi connectivity index (χ1) is 15.8. The van der Waals surface area contributed by atoms with Gasteiger partial charge in [0.25, 0.3) is 0 Å². The summed E-state index contributed by atoms with van der Waals surface area (Å²) in [5, 5.41) is 6.56. The first-order valence-electron chi connectivity index (χ1n) is 10.8. The lowest BCUT2D eigenvalue weighted by Crippen LogP contribution is -2.20. The highest BCUT2D eigenvalue weighted by Crippen LogP contribution is 2.32. The molecule has 0 spiro atoms. The van der Waals surface area contributed by atoms with Crippen LogP contribution in [0.5, 0.6) is 0 Å². The Morgan fingerprint density at radius 1 is 1.30 bits per heavy atom. The van der Waals surface area contributed by atoms with Crippen molar-refractivity contribution in [1.82, 2.24) is 14.9 Å². The molecule has 6 nitrogen and oxygen atoms in total. The number of carbonyl (C=O) groups is 1. The highest BCUT2D eigenvalue weighted by atomic mass is 35.5. The van der Waals surface area contributed by atoms with Crippen LogP contribution in [-0.4, -0.2) is 40.9 Å². The Kier molecular flexibility index (Phi) is 6.50. The molecule has 0 bridgehead atoms. The second-order valence-corrected chi connectivity index (χ2v) is 8.97. The molecule has 1 saturated heterocycles. The molecule has 2 N–H and O–H groups in total. The Bertz CT molecular complexity index is 1290. The van der Waals surface area contributed by atoms with Gasteiger partial charge in [0.05, 0.1) is 27.5 Å². The predicted octanol–water partition coefficient (Wildman–Crippen LogP) is 5.21. The normalized spacial score (nSPS) is 18.1. The molecule has 3 aromatic rings. The fourth-order valence-electron chi connectivity index (χ4n) is 3.89. The first kappa shape index (κ1) is 23.0. The van der Waals surface area contributed by atoms with Gasteiger partial charge in [0, 0.05) is 23.8 Å². The molecule has 1 fully saturated rings. The maximum Gasteiger partial charge on any atom is 0.224 e. The van der Waals surface area contributed by atoms with Gasteiger partial charge < -0.3 is 15.5 Å². The zero-order valence-electron chi connectivity index (χ0n) is 18.8. The first-order valence-corrected chi connectivity index (χ1v) is 11.2. The van der Waals surface area contributed by atoms with Crippen molar-refractivity contribution in [3.05, 3.63) is 53.1 Å². The van der Waals surface area contributed by atoms with Crippen molar-refractivity contribution in [3.63, 3.8) is 0 Å². The van der Waals surface area contributed by atoms with E-state index in [1.807, 2.05) is 6.07 Å². The molecule has 4 rings (SSSR count). The van der Waals surface area contributed by atoms with Crippen molar-refractivity contribution in [1.29, 1.82) is 0 Å². The number of halogens is 2. The minimum absolute atomic E-state index is 0.0119. The van der Waals surface area contributed by atoms with Crippen LogP contribution in [0.4, 0.5) is 21.6 Å². The lowest BCUT2D eigenvalue weighted by Gasteiger charge is -2.16. The fourth-order valence-corrected chi connectivity index (χ4v) is 4.06. The summed E-state index contributed by atoms with van der Waals surface area (Å²) in [7, 11) is 2.09. The molecule has 33 heavy (non-hydrogen) atoms. The van der Waals surface area contributed by atoms with Crippen LogP contribution in [0.1, 0.15) is 32.3 Å². The zero-order chi connectivity index (χ0) is 23.6. The molecule has 0 aliphatic carbocycles. The van der Waals surface area contributed by atoms with Crippen molar-refractivity contribution in [2.75, 3.05) is 30.8 Å². The fraction of sp³-hybridized carbons (Fsp3) is 0.320. The SMILES string of the molecule is CCC(=O)Nc1cc2c(Nc3cccc(Cl)c3F)ncnc2cc1C#C[C@@]1(C)CCN(C)C1. The van der Waals surface area contributed by atoms with E-state index in [1.54, 1.807) is 25.1 Å². The number of aromatic nitrogens is 2. The molecule has 0 unspecified atom stereocenters. The second kappa shape index (κ2) is 9.34. The van der Waals surface area contributed by atoms with E-state index in [4.69, 9.17) is 11.6 Å². The summed E-state index contributed by atoms with van der Waals surface area (Å²) in [5.74, 6) is 6.38. The predicted molar refractivity (Wildman–Crippen MR) is 130 cm³/mol. The molecule has 1 aromatic heterocycles. The number of hydrogen-bond donors (Lipinski definition) is 2. The molecular weight excluding hydrogens is 441 g/mol. The summed E-state index contributed by atoms with van der Waals surface area (Å²) < 4.78 is 14.4. The summed E-state index contributed by atoms with van der Waals surface area (Å²) in [4.78, 5) is 23.1. The Balaban J connectivity index is 1.79. The lowest BCUT2D eigenvalue weighted by atomic mass is 9.90. The van der Waals surface area contributed by atoms with Crippen LogP contribution < -0.4 is 10.6 Å². The molecule has 170 valence electrons. The third-order valence-electron chi connectivity index (χ3n) is 5.74. The van der Waals surface area contributed by atoms with Crippen LogP contribution in [0.15, 0.2) is 36.7 Å². The van der Waals surface area contributed by atoms with Crippen molar-refractivity contribution in [2.24, 2.45) is 5.41 Å². The van der Waals surface area contributed by atoms with Gasteiger partial charge in [-0.2, -0.15) is 0 Å². The zero-order valence-corrected chi connectivity index (χ0v) is 19.6. The molecule has 8 heteroatoms. The van der Waals surface area contributed by atoms with Gasteiger partial charge in [-0.25, -0.2) is 14.4 Å². The second-order valence-electron chi connectivity index (χ2n) is 8.56. The third kappa shape index (κ3) is 5.08. The van der Waals surface area contributed by atoms with E-state index in [9.17, 15) is 9.18 Å². The summed E-state index contributed by atoms with van der Waals surface area (Å²) >= 11 is 5.91. The number of amides is 1. The quantitative estimate of drug-likeness (QED) is 0.518. The Morgan fingerprint density at radius 2 is 2.12 bits per heavy atom.